The number of halogens is 1. The van der Waals surface area contributed by atoms with Gasteiger partial charge in [0, 0.05) is 18.5 Å². The predicted octanol–water partition coefficient (Wildman–Crippen LogP) is 1.22. The Kier molecular flexibility index (Phi) is 4.14. The molecule has 2 rings (SSSR count). The summed E-state index contributed by atoms with van der Waals surface area (Å²) in [5.41, 5.74) is -0.602. The minimum Gasteiger partial charge on any atom is -0.422 e. The van der Waals surface area contributed by atoms with Crippen LogP contribution in [0.2, 0.25) is 0 Å². The van der Waals surface area contributed by atoms with Crippen LogP contribution in [0.25, 0.3) is 11.0 Å². The first-order chi connectivity index (χ1) is 9.47. The van der Waals surface area contributed by atoms with Crippen molar-refractivity contribution in [2.45, 2.75) is 0 Å². The van der Waals surface area contributed by atoms with Crippen LogP contribution in [-0.2, 0) is 0 Å². The highest BCUT2D eigenvalue weighted by Gasteiger charge is 2.13. The third-order valence-corrected chi connectivity index (χ3v) is 2.78. The summed E-state index contributed by atoms with van der Waals surface area (Å²) in [6.07, 6.45) is 0. The Balaban J connectivity index is 2.27. The van der Waals surface area contributed by atoms with E-state index in [2.05, 4.69) is 5.32 Å². The molecule has 0 unspecified atom stereocenters. The molecular formula is C14H15FN2O3. The number of amides is 1. The molecule has 1 aromatic heterocycles. The zero-order chi connectivity index (χ0) is 14.7. The molecule has 2 aromatic rings. The molecule has 1 N–H and O–H groups in total. The van der Waals surface area contributed by atoms with E-state index in [1.165, 1.54) is 24.3 Å². The van der Waals surface area contributed by atoms with Crippen LogP contribution in [0.3, 0.4) is 0 Å². The number of benzene rings is 1. The number of fused-ring (bicyclic) bond motifs is 1. The Morgan fingerprint density at radius 3 is 2.80 bits per heavy atom. The zero-order valence-electron chi connectivity index (χ0n) is 11.3. The van der Waals surface area contributed by atoms with Crippen LogP contribution in [-0.4, -0.2) is 38.0 Å². The molecule has 1 amide bonds. The molecule has 0 saturated heterocycles. The normalized spacial score (nSPS) is 11.0. The lowest BCUT2D eigenvalue weighted by Crippen LogP contribution is -2.33. The average molecular weight is 278 g/mol. The van der Waals surface area contributed by atoms with Gasteiger partial charge in [0.15, 0.2) is 0 Å². The average Bonchev–Trinajstić information content (AvgIpc) is 2.38. The highest BCUT2D eigenvalue weighted by atomic mass is 19.1. The van der Waals surface area contributed by atoms with Gasteiger partial charge in [-0.25, -0.2) is 9.18 Å². The van der Waals surface area contributed by atoms with Crippen molar-refractivity contribution in [2.24, 2.45) is 0 Å². The topological polar surface area (TPSA) is 62.6 Å². The minimum atomic E-state index is -0.730. The van der Waals surface area contributed by atoms with E-state index >= 15 is 0 Å². The number of carbonyl (C=O) groups excluding carboxylic acids is 1. The lowest BCUT2D eigenvalue weighted by molar-refractivity contribution is 0.0947. The van der Waals surface area contributed by atoms with Gasteiger partial charge in [-0.3, -0.25) is 4.79 Å². The molecule has 106 valence electrons. The molecule has 0 radical (unpaired) electrons. The molecular weight excluding hydrogens is 263 g/mol. The van der Waals surface area contributed by atoms with Gasteiger partial charge in [0.2, 0.25) is 0 Å². The highest BCUT2D eigenvalue weighted by molar-refractivity contribution is 5.96. The molecule has 0 fully saturated rings. The van der Waals surface area contributed by atoms with Crippen molar-refractivity contribution >= 4 is 16.9 Å². The Morgan fingerprint density at radius 2 is 2.10 bits per heavy atom. The minimum absolute atomic E-state index is 0.123. The molecule has 5 nitrogen and oxygen atoms in total. The maximum Gasteiger partial charge on any atom is 0.349 e. The summed E-state index contributed by atoms with van der Waals surface area (Å²) in [7, 11) is 3.75. The summed E-state index contributed by atoms with van der Waals surface area (Å²) in [5.74, 6) is -0.975. The van der Waals surface area contributed by atoms with E-state index in [1.54, 1.807) is 0 Å². The molecule has 0 aliphatic heterocycles. The number of nitrogens with one attached hydrogen (secondary N) is 1. The summed E-state index contributed by atoms with van der Waals surface area (Å²) in [6, 6.07) is 5.12. The number of hydrogen-bond acceptors (Lipinski definition) is 4. The molecule has 0 atom stereocenters. The van der Waals surface area contributed by atoms with E-state index in [1.807, 2.05) is 19.0 Å². The monoisotopic (exact) mass is 278 g/mol. The van der Waals surface area contributed by atoms with Gasteiger partial charge < -0.3 is 14.6 Å². The van der Waals surface area contributed by atoms with Crippen molar-refractivity contribution < 1.29 is 13.6 Å². The molecule has 1 aromatic carbocycles. The number of rotatable bonds is 4. The number of likely N-dealkylation sites (N-methyl/N-ethyl adjacent to an activating group) is 1. The maximum absolute atomic E-state index is 13.1. The second-order valence-corrected chi connectivity index (χ2v) is 4.69. The summed E-state index contributed by atoms with van der Waals surface area (Å²) < 4.78 is 18.1. The fraction of sp³-hybridized carbons (Fsp3) is 0.286. The van der Waals surface area contributed by atoms with E-state index in [-0.39, 0.29) is 11.1 Å². The van der Waals surface area contributed by atoms with Crippen molar-refractivity contribution in [3.05, 3.63) is 46.1 Å². The summed E-state index contributed by atoms with van der Waals surface area (Å²) in [4.78, 5) is 25.5. The molecule has 0 bridgehead atoms. The lowest BCUT2D eigenvalue weighted by atomic mass is 10.1. The first-order valence-corrected chi connectivity index (χ1v) is 6.14. The Labute approximate surface area is 115 Å². The van der Waals surface area contributed by atoms with E-state index in [0.29, 0.717) is 18.5 Å². The van der Waals surface area contributed by atoms with Crippen LogP contribution in [0.1, 0.15) is 10.4 Å². The standard InChI is InChI=1S/C14H15FN2O3/c1-17(2)6-5-16-13(18)11-8-9-7-10(15)3-4-12(9)20-14(11)19/h3-4,7-8H,5-6H2,1-2H3,(H,16,18). The summed E-state index contributed by atoms with van der Waals surface area (Å²) in [6.45, 7) is 1.06. The molecule has 0 saturated carbocycles. The molecule has 0 aliphatic rings. The second kappa shape index (κ2) is 5.83. The molecule has 1 heterocycles. The summed E-state index contributed by atoms with van der Waals surface area (Å²) in [5, 5.41) is 2.99. The maximum atomic E-state index is 13.1. The number of nitrogens with zero attached hydrogens (tertiary/aromatic N) is 1. The smallest absolute Gasteiger partial charge is 0.349 e. The number of hydrogen-bond donors (Lipinski definition) is 1. The van der Waals surface area contributed by atoms with E-state index in [9.17, 15) is 14.0 Å². The molecule has 6 heteroatoms. The van der Waals surface area contributed by atoms with E-state index in [4.69, 9.17) is 4.42 Å². The zero-order valence-corrected chi connectivity index (χ0v) is 11.3. The lowest BCUT2D eigenvalue weighted by Gasteiger charge is -2.10. The Morgan fingerprint density at radius 1 is 1.35 bits per heavy atom. The highest BCUT2D eigenvalue weighted by Crippen LogP contribution is 2.14. The van der Waals surface area contributed by atoms with Crippen molar-refractivity contribution in [1.29, 1.82) is 0 Å². The number of carbonyl (C=O) groups is 1. The first kappa shape index (κ1) is 14.2. The van der Waals surface area contributed by atoms with Gasteiger partial charge in [0.05, 0.1) is 0 Å². The van der Waals surface area contributed by atoms with Gasteiger partial charge in [0.1, 0.15) is 17.0 Å². The van der Waals surface area contributed by atoms with Crippen molar-refractivity contribution in [1.82, 2.24) is 10.2 Å². The SMILES string of the molecule is CN(C)CCNC(=O)c1cc2cc(F)ccc2oc1=O. The van der Waals surface area contributed by atoms with Crippen LogP contribution < -0.4 is 10.9 Å². The fourth-order valence-electron chi connectivity index (χ4n) is 1.74. The van der Waals surface area contributed by atoms with Gasteiger partial charge >= 0.3 is 5.63 Å². The Bertz CT molecular complexity index is 694. The van der Waals surface area contributed by atoms with Gasteiger partial charge in [-0.05, 0) is 38.4 Å². The largest absolute Gasteiger partial charge is 0.422 e. The van der Waals surface area contributed by atoms with Crippen molar-refractivity contribution in [3.63, 3.8) is 0 Å². The first-order valence-electron chi connectivity index (χ1n) is 6.14. The quantitative estimate of drug-likeness (QED) is 0.854. The third-order valence-electron chi connectivity index (χ3n) is 2.78. The van der Waals surface area contributed by atoms with Gasteiger partial charge in [0.25, 0.3) is 5.91 Å². The predicted molar refractivity (Wildman–Crippen MR) is 73.3 cm³/mol. The van der Waals surface area contributed by atoms with Gasteiger partial charge in [-0.2, -0.15) is 0 Å². The van der Waals surface area contributed by atoms with Crippen LogP contribution in [0, 0.1) is 5.82 Å². The third kappa shape index (κ3) is 3.21. The van der Waals surface area contributed by atoms with Crippen molar-refractivity contribution in [3.8, 4) is 0 Å². The molecule has 20 heavy (non-hydrogen) atoms. The Hall–Kier alpha value is -2.21. The van der Waals surface area contributed by atoms with E-state index < -0.39 is 17.3 Å². The van der Waals surface area contributed by atoms with Crippen LogP contribution in [0.4, 0.5) is 4.39 Å². The molecule has 0 aliphatic carbocycles. The van der Waals surface area contributed by atoms with Crippen LogP contribution in [0.5, 0.6) is 0 Å². The van der Waals surface area contributed by atoms with Gasteiger partial charge in [-0.15, -0.1) is 0 Å². The van der Waals surface area contributed by atoms with E-state index in [0.717, 1.165) is 0 Å². The molecule has 0 spiro atoms. The second-order valence-electron chi connectivity index (χ2n) is 4.69. The van der Waals surface area contributed by atoms with Gasteiger partial charge in [-0.1, -0.05) is 0 Å². The van der Waals surface area contributed by atoms with Crippen molar-refractivity contribution in [2.75, 3.05) is 27.2 Å². The van der Waals surface area contributed by atoms with Crippen LogP contribution >= 0.6 is 0 Å². The summed E-state index contributed by atoms with van der Waals surface area (Å²) >= 11 is 0. The fourth-order valence-corrected chi connectivity index (χ4v) is 1.74. The van der Waals surface area contributed by atoms with Crippen LogP contribution in [0.15, 0.2) is 33.5 Å².